The number of hydrogen-bond acceptors (Lipinski definition) is 1. The van der Waals surface area contributed by atoms with E-state index in [-0.39, 0.29) is 0 Å². The molecule has 2 heteroatoms. The first-order valence-electron chi connectivity index (χ1n) is 7.89. The lowest BCUT2D eigenvalue weighted by molar-refractivity contribution is 0.672. The van der Waals surface area contributed by atoms with Crippen LogP contribution >= 0.6 is 0 Å². The molecular formula is C19H25NSi. The second kappa shape index (κ2) is 5.34. The van der Waals surface area contributed by atoms with E-state index in [0.29, 0.717) is 6.04 Å². The molecule has 2 aromatic carbocycles. The van der Waals surface area contributed by atoms with E-state index in [4.69, 9.17) is 0 Å². The van der Waals surface area contributed by atoms with E-state index in [9.17, 15) is 0 Å². The molecule has 0 radical (unpaired) electrons. The van der Waals surface area contributed by atoms with E-state index in [1.165, 1.54) is 23.2 Å². The molecule has 0 saturated carbocycles. The number of para-hydroxylation sites is 1. The van der Waals surface area contributed by atoms with Crippen LogP contribution in [0.25, 0.3) is 0 Å². The molecule has 0 saturated heterocycles. The molecule has 2 aromatic rings. The van der Waals surface area contributed by atoms with Gasteiger partial charge in [-0.25, -0.2) is 0 Å². The zero-order valence-electron chi connectivity index (χ0n) is 13.6. The number of rotatable bonds is 3. The van der Waals surface area contributed by atoms with Crippen LogP contribution in [0.1, 0.15) is 18.1 Å². The highest BCUT2D eigenvalue weighted by atomic mass is 28.3. The van der Waals surface area contributed by atoms with E-state index < -0.39 is 8.07 Å². The first kappa shape index (κ1) is 14.4. The molecule has 1 aliphatic rings. The van der Waals surface area contributed by atoms with Gasteiger partial charge in [-0.05, 0) is 30.5 Å². The summed E-state index contributed by atoms with van der Waals surface area (Å²) in [7, 11) is -1.19. The summed E-state index contributed by atoms with van der Waals surface area (Å²) >= 11 is 0. The van der Waals surface area contributed by atoms with Crippen LogP contribution in [0.5, 0.6) is 0 Å². The van der Waals surface area contributed by atoms with Gasteiger partial charge in [0.05, 0.1) is 8.07 Å². The van der Waals surface area contributed by atoms with Crippen LogP contribution in [-0.2, 0) is 13.0 Å². The quantitative estimate of drug-likeness (QED) is 0.768. The van der Waals surface area contributed by atoms with Crippen molar-refractivity contribution in [3.63, 3.8) is 0 Å². The zero-order chi connectivity index (χ0) is 15.0. The van der Waals surface area contributed by atoms with Crippen LogP contribution in [0.3, 0.4) is 0 Å². The molecular weight excluding hydrogens is 270 g/mol. The highest BCUT2D eigenvalue weighted by molar-refractivity contribution is 6.88. The monoisotopic (exact) mass is 295 g/mol. The summed E-state index contributed by atoms with van der Waals surface area (Å²) in [5.41, 5.74) is 4.32. The largest absolute Gasteiger partial charge is 0.364 e. The summed E-state index contributed by atoms with van der Waals surface area (Å²) < 4.78 is 0. The standard InChI is InChI=1S/C19H25NSi/c1-15-13-17-7-5-6-8-19(17)20(15)14-16-9-11-18(12-10-16)21(2,3)4/h5-12,15H,13-14H2,1-4H3. The minimum Gasteiger partial charge on any atom is -0.364 e. The Hall–Kier alpha value is -1.54. The van der Waals surface area contributed by atoms with Gasteiger partial charge in [0.25, 0.3) is 0 Å². The number of benzene rings is 2. The van der Waals surface area contributed by atoms with Crippen molar-refractivity contribution in [1.29, 1.82) is 0 Å². The molecule has 0 spiro atoms. The van der Waals surface area contributed by atoms with Crippen molar-refractivity contribution in [2.45, 2.75) is 45.6 Å². The SMILES string of the molecule is CC1Cc2ccccc2N1Cc1ccc([Si](C)(C)C)cc1. The fraction of sp³-hybridized carbons (Fsp3) is 0.368. The molecule has 1 unspecified atom stereocenters. The van der Waals surface area contributed by atoms with E-state index in [2.05, 4.69) is 80.0 Å². The second-order valence-corrected chi connectivity index (χ2v) is 12.3. The first-order valence-corrected chi connectivity index (χ1v) is 11.4. The normalized spacial score (nSPS) is 17.9. The summed E-state index contributed by atoms with van der Waals surface area (Å²) in [6.45, 7) is 10.6. The topological polar surface area (TPSA) is 3.24 Å². The highest BCUT2D eigenvalue weighted by Gasteiger charge is 2.25. The van der Waals surface area contributed by atoms with Gasteiger partial charge in [0.15, 0.2) is 0 Å². The predicted molar refractivity (Wildman–Crippen MR) is 95.2 cm³/mol. The fourth-order valence-electron chi connectivity index (χ4n) is 3.18. The minimum absolute atomic E-state index is 0.596. The van der Waals surface area contributed by atoms with Crippen molar-refractivity contribution in [2.75, 3.05) is 4.90 Å². The Bertz CT molecular complexity index is 625. The number of anilines is 1. The number of nitrogens with zero attached hydrogens (tertiary/aromatic N) is 1. The molecule has 110 valence electrons. The van der Waals surface area contributed by atoms with Crippen LogP contribution in [0, 0.1) is 0 Å². The predicted octanol–water partition coefficient (Wildman–Crippen LogP) is 4.18. The third-order valence-electron chi connectivity index (χ3n) is 4.52. The average molecular weight is 296 g/mol. The van der Waals surface area contributed by atoms with Gasteiger partial charge in [0, 0.05) is 18.3 Å². The molecule has 0 N–H and O–H groups in total. The minimum atomic E-state index is -1.19. The average Bonchev–Trinajstić information content (AvgIpc) is 2.75. The van der Waals surface area contributed by atoms with Gasteiger partial charge in [-0.2, -0.15) is 0 Å². The number of hydrogen-bond donors (Lipinski definition) is 0. The van der Waals surface area contributed by atoms with E-state index in [1.807, 2.05) is 0 Å². The Labute approximate surface area is 129 Å². The van der Waals surface area contributed by atoms with Crippen LogP contribution < -0.4 is 10.1 Å². The molecule has 1 nitrogen and oxygen atoms in total. The second-order valence-electron chi connectivity index (χ2n) is 7.26. The maximum absolute atomic E-state index is 2.54. The Balaban J connectivity index is 1.81. The van der Waals surface area contributed by atoms with Gasteiger partial charge < -0.3 is 4.90 Å². The lowest BCUT2D eigenvalue weighted by atomic mass is 10.1. The van der Waals surface area contributed by atoms with Crippen molar-refractivity contribution in [1.82, 2.24) is 0 Å². The molecule has 1 aliphatic heterocycles. The van der Waals surface area contributed by atoms with Gasteiger partial charge in [-0.1, -0.05) is 67.3 Å². The lowest BCUT2D eigenvalue weighted by Crippen LogP contribution is -2.37. The Kier molecular flexibility index (Phi) is 3.66. The van der Waals surface area contributed by atoms with Crippen LogP contribution in [0.2, 0.25) is 19.6 Å². The Morgan fingerprint density at radius 3 is 2.33 bits per heavy atom. The summed E-state index contributed by atoms with van der Waals surface area (Å²) in [5, 5.41) is 1.54. The van der Waals surface area contributed by atoms with Crippen molar-refractivity contribution < 1.29 is 0 Å². The van der Waals surface area contributed by atoms with Gasteiger partial charge >= 0.3 is 0 Å². The van der Waals surface area contributed by atoms with Crippen molar-refractivity contribution in [3.05, 3.63) is 59.7 Å². The maximum atomic E-state index is 2.54. The number of fused-ring (bicyclic) bond motifs is 1. The summed E-state index contributed by atoms with van der Waals surface area (Å²) in [6.07, 6.45) is 1.17. The van der Waals surface area contributed by atoms with Gasteiger partial charge in [0.1, 0.15) is 0 Å². The molecule has 1 atom stereocenters. The molecule has 21 heavy (non-hydrogen) atoms. The molecule has 0 fully saturated rings. The molecule has 0 aromatic heterocycles. The summed E-state index contributed by atoms with van der Waals surface area (Å²) in [4.78, 5) is 2.54. The maximum Gasteiger partial charge on any atom is 0.0775 e. The third kappa shape index (κ3) is 2.91. The molecule has 1 heterocycles. The Morgan fingerprint density at radius 1 is 1.00 bits per heavy atom. The first-order chi connectivity index (χ1) is 9.95. The van der Waals surface area contributed by atoms with E-state index >= 15 is 0 Å². The van der Waals surface area contributed by atoms with Gasteiger partial charge in [-0.15, -0.1) is 0 Å². The zero-order valence-corrected chi connectivity index (χ0v) is 14.6. The smallest absolute Gasteiger partial charge is 0.0775 e. The van der Waals surface area contributed by atoms with E-state index in [0.717, 1.165) is 6.54 Å². The van der Waals surface area contributed by atoms with Gasteiger partial charge in [-0.3, -0.25) is 0 Å². The van der Waals surface area contributed by atoms with Crippen molar-refractivity contribution in [2.24, 2.45) is 0 Å². The fourth-order valence-corrected chi connectivity index (χ4v) is 4.34. The molecule has 0 amide bonds. The summed E-state index contributed by atoms with van der Waals surface area (Å²) in [5.74, 6) is 0. The van der Waals surface area contributed by atoms with Crippen molar-refractivity contribution in [3.8, 4) is 0 Å². The lowest BCUT2D eigenvalue weighted by Gasteiger charge is -2.25. The highest BCUT2D eigenvalue weighted by Crippen LogP contribution is 2.32. The van der Waals surface area contributed by atoms with Crippen molar-refractivity contribution >= 4 is 18.9 Å². The van der Waals surface area contributed by atoms with Crippen LogP contribution in [-0.4, -0.2) is 14.1 Å². The van der Waals surface area contributed by atoms with E-state index in [1.54, 1.807) is 5.19 Å². The van der Waals surface area contributed by atoms with Crippen LogP contribution in [0.4, 0.5) is 5.69 Å². The van der Waals surface area contributed by atoms with Crippen LogP contribution in [0.15, 0.2) is 48.5 Å². The third-order valence-corrected chi connectivity index (χ3v) is 6.59. The molecule has 3 rings (SSSR count). The molecule has 0 bridgehead atoms. The Morgan fingerprint density at radius 2 is 1.67 bits per heavy atom. The summed E-state index contributed by atoms with van der Waals surface area (Å²) in [6, 6.07) is 18.7. The molecule has 0 aliphatic carbocycles. The van der Waals surface area contributed by atoms with Gasteiger partial charge in [0.2, 0.25) is 0 Å².